The van der Waals surface area contributed by atoms with Gasteiger partial charge in [0, 0.05) is 27.9 Å². The van der Waals surface area contributed by atoms with Crippen molar-refractivity contribution in [3.05, 3.63) is 125 Å². The van der Waals surface area contributed by atoms with Crippen molar-refractivity contribution in [2.45, 2.75) is 52.4 Å². The molecule has 0 atom stereocenters. The first-order chi connectivity index (χ1) is 17.5. The topological polar surface area (TPSA) is 0 Å². The molecule has 190 valence electrons. The summed E-state index contributed by atoms with van der Waals surface area (Å²) in [7, 11) is 0. The fourth-order valence-corrected chi connectivity index (χ4v) is 3.67. The van der Waals surface area contributed by atoms with E-state index in [0.717, 1.165) is 22.3 Å². The maximum atomic E-state index is 5.76. The van der Waals surface area contributed by atoms with E-state index in [0.29, 0.717) is 11.1 Å². The molecule has 0 nitrogen and oxygen atoms in total. The van der Waals surface area contributed by atoms with Crippen molar-refractivity contribution >= 4 is 0 Å². The zero-order chi connectivity index (χ0) is 27.1. The van der Waals surface area contributed by atoms with Crippen LogP contribution in [0.1, 0.15) is 63.8 Å². The van der Waals surface area contributed by atoms with Crippen molar-refractivity contribution in [3.63, 3.8) is 0 Å². The minimum atomic E-state index is 0. The Morgan fingerprint density at radius 1 is 0.447 bits per heavy atom. The van der Waals surface area contributed by atoms with E-state index in [1.54, 1.807) is 0 Å². The molecule has 0 heterocycles. The molecule has 2 aliphatic rings. The monoisotopic (exact) mass is 536 g/mol. The Bertz CT molecular complexity index is 1260. The minimum absolute atomic E-state index is 0. The van der Waals surface area contributed by atoms with Gasteiger partial charge in [0.2, 0.25) is 0 Å². The minimum Gasteiger partial charge on any atom is -0.115 e. The normalized spacial score (nSPS) is 14.2. The van der Waals surface area contributed by atoms with E-state index in [1.807, 2.05) is 56.4 Å². The molecule has 2 aromatic rings. The van der Waals surface area contributed by atoms with E-state index < -0.39 is 0 Å². The molecule has 0 aromatic heterocycles. The van der Waals surface area contributed by atoms with E-state index >= 15 is 0 Å². The average Bonchev–Trinajstić information content (AvgIpc) is 3.43. The van der Waals surface area contributed by atoms with Crippen LogP contribution in [0.15, 0.2) is 70.8 Å². The molecule has 2 aromatic carbocycles. The second kappa shape index (κ2) is 13.5. The second-order valence-electron chi connectivity index (χ2n) is 10.9. The van der Waals surface area contributed by atoms with Gasteiger partial charge in [-0.05, 0) is 78.3 Å². The molecule has 1 heteroatoms. The van der Waals surface area contributed by atoms with Crippen molar-refractivity contribution < 1.29 is 16.8 Å². The maximum Gasteiger partial charge on any atom is 0.0588 e. The number of rotatable bonds is 0. The van der Waals surface area contributed by atoms with E-state index in [9.17, 15) is 0 Å². The molecule has 0 aliphatic heterocycles. The van der Waals surface area contributed by atoms with Crippen LogP contribution in [0.2, 0.25) is 0 Å². The Balaban J connectivity index is 0.000000756. The van der Waals surface area contributed by atoms with Gasteiger partial charge in [0.25, 0.3) is 0 Å². The first-order valence-corrected chi connectivity index (χ1v) is 12.4. The van der Waals surface area contributed by atoms with Gasteiger partial charge in [-0.2, -0.15) is 0 Å². The number of hydrogen-bond acceptors (Lipinski definition) is 0. The molecule has 0 N–H and O–H groups in total. The summed E-state index contributed by atoms with van der Waals surface area (Å²) >= 11 is 0. The zero-order valence-corrected chi connectivity index (χ0v) is 24.0. The van der Waals surface area contributed by atoms with Crippen LogP contribution in [0.25, 0.3) is 0 Å². The van der Waals surface area contributed by atoms with Crippen LogP contribution in [0.3, 0.4) is 0 Å². The number of allylic oxidation sites excluding steroid dienone is 4. The standard InChI is InChI=1S/C32H28.C5H5.Co/c1-9-27-29(21-15-23-11-17-25(18-12-23)31(3,4)5)28(10-2)30(27)22-16-24-13-19-26(20-14-24)32(6,7)8;1-2-4-5-3-1;/h1-2,11-14,17-20H,3-8H3;1-5H;. The molecule has 0 bridgehead atoms. The Labute approximate surface area is 242 Å². The molecule has 0 amide bonds. The molecular formula is C37H33Co. The van der Waals surface area contributed by atoms with E-state index in [4.69, 9.17) is 12.8 Å². The predicted octanol–water partition coefficient (Wildman–Crippen LogP) is 7.58. The Hall–Kier alpha value is -3.33. The van der Waals surface area contributed by atoms with Gasteiger partial charge in [0.15, 0.2) is 0 Å². The van der Waals surface area contributed by atoms with Gasteiger partial charge >= 0.3 is 0 Å². The predicted molar refractivity (Wildman–Crippen MR) is 157 cm³/mol. The van der Waals surface area contributed by atoms with Gasteiger partial charge in [0.1, 0.15) is 0 Å². The van der Waals surface area contributed by atoms with Crippen LogP contribution in [-0.4, -0.2) is 0 Å². The first-order valence-electron chi connectivity index (χ1n) is 12.4. The molecule has 0 saturated heterocycles. The summed E-state index contributed by atoms with van der Waals surface area (Å²) in [6.07, 6.45) is 21.5. The molecular weight excluding hydrogens is 503 g/mol. The third kappa shape index (κ3) is 8.08. The first kappa shape index (κ1) is 30.9. The van der Waals surface area contributed by atoms with Crippen LogP contribution in [0.4, 0.5) is 0 Å². The Morgan fingerprint density at radius 2 is 0.737 bits per heavy atom. The van der Waals surface area contributed by atoms with Crippen LogP contribution < -0.4 is 0 Å². The summed E-state index contributed by atoms with van der Waals surface area (Å²) in [5, 5.41) is 0. The average molecular weight is 537 g/mol. The smallest absolute Gasteiger partial charge is 0.0588 e. The van der Waals surface area contributed by atoms with Crippen molar-refractivity contribution in [3.8, 4) is 48.4 Å². The zero-order valence-electron chi connectivity index (χ0n) is 23.0. The van der Waals surface area contributed by atoms with Crippen LogP contribution >= 0.6 is 0 Å². The van der Waals surface area contributed by atoms with Gasteiger partial charge in [-0.3, -0.25) is 0 Å². The number of benzene rings is 2. The second-order valence-corrected chi connectivity index (χ2v) is 10.9. The summed E-state index contributed by atoms with van der Waals surface area (Å²) in [6.45, 7) is 13.2. The third-order valence-electron chi connectivity index (χ3n) is 6.01. The van der Waals surface area contributed by atoms with Crippen LogP contribution in [0.5, 0.6) is 0 Å². The summed E-state index contributed by atoms with van der Waals surface area (Å²) in [6, 6.07) is 16.6. The molecule has 6 radical (unpaired) electrons. The fraction of sp³-hybridized carbons (Fsp3) is 0.216. The largest absolute Gasteiger partial charge is 0.115 e. The summed E-state index contributed by atoms with van der Waals surface area (Å²) in [5.41, 5.74) is 7.45. The van der Waals surface area contributed by atoms with Gasteiger partial charge in [0.05, 0.1) is 22.3 Å². The SMILES string of the molecule is C#CC1=C(C#Cc2ccc(C(C)(C)C)cc2)C(C#C)=C1C#Cc1ccc(C(C)(C)C)cc1.[CH]1[CH][CH][CH][CH]1.[Co]. The van der Waals surface area contributed by atoms with E-state index in [1.165, 1.54) is 11.1 Å². The molecule has 38 heavy (non-hydrogen) atoms. The molecule has 0 unspecified atom stereocenters. The Morgan fingerprint density at radius 3 is 0.974 bits per heavy atom. The quantitative estimate of drug-likeness (QED) is 0.305. The number of terminal acetylenes is 2. The van der Waals surface area contributed by atoms with Gasteiger partial charge in [-0.25, -0.2) is 0 Å². The third-order valence-corrected chi connectivity index (χ3v) is 6.01. The molecule has 4 rings (SSSR count). The van der Waals surface area contributed by atoms with E-state index in [2.05, 4.69) is 101 Å². The number of hydrogen-bond donors (Lipinski definition) is 0. The van der Waals surface area contributed by atoms with E-state index in [-0.39, 0.29) is 27.6 Å². The fourth-order valence-electron chi connectivity index (χ4n) is 3.67. The van der Waals surface area contributed by atoms with Crippen molar-refractivity contribution in [1.82, 2.24) is 0 Å². The summed E-state index contributed by atoms with van der Waals surface area (Å²) in [5.74, 6) is 18.1. The summed E-state index contributed by atoms with van der Waals surface area (Å²) < 4.78 is 0. The maximum absolute atomic E-state index is 5.76. The van der Waals surface area contributed by atoms with Gasteiger partial charge < -0.3 is 0 Å². The molecule has 1 saturated carbocycles. The van der Waals surface area contributed by atoms with Crippen molar-refractivity contribution in [2.75, 3.05) is 0 Å². The molecule has 0 spiro atoms. The van der Waals surface area contributed by atoms with Crippen LogP contribution in [-0.2, 0) is 27.6 Å². The molecule has 2 aliphatic carbocycles. The van der Waals surface area contributed by atoms with Crippen LogP contribution in [0, 0.1) is 80.5 Å². The Kier molecular flexibility index (Phi) is 10.9. The van der Waals surface area contributed by atoms with Crippen molar-refractivity contribution in [2.24, 2.45) is 0 Å². The molecule has 1 fully saturated rings. The van der Waals surface area contributed by atoms with Gasteiger partial charge in [-0.15, -0.1) is 12.8 Å². The van der Waals surface area contributed by atoms with Gasteiger partial charge in [-0.1, -0.05) is 101 Å². The van der Waals surface area contributed by atoms with Crippen molar-refractivity contribution in [1.29, 1.82) is 0 Å². The summed E-state index contributed by atoms with van der Waals surface area (Å²) in [4.78, 5) is 0.